The van der Waals surface area contributed by atoms with Gasteiger partial charge in [-0.25, -0.2) is 13.1 Å². The standard InChI is InChI=1S/C30H34BrN3O5S2/c1-20-11-7-8-14-22(20)18-32-28(36)27-30(2,3)40-19-34(27)29(37)26(35)24(17-21-12-5-4-6-13-21)33-41(38,39)25-16-10-9-15-23(25)31/h4-16,24,26-27,33,35H,17-19H2,1-3H3,(H,32,36)/t24-,26-,27+/m0/s1. The second kappa shape index (κ2) is 13.1. The van der Waals surface area contributed by atoms with Gasteiger partial charge in [0.15, 0.2) is 0 Å². The van der Waals surface area contributed by atoms with Crippen LogP contribution in [0.3, 0.4) is 0 Å². The summed E-state index contributed by atoms with van der Waals surface area (Å²) in [5, 5.41) is 14.4. The maximum absolute atomic E-state index is 13.8. The Balaban J connectivity index is 1.58. The number of hydrogen-bond donors (Lipinski definition) is 3. The molecule has 11 heteroatoms. The molecule has 0 aliphatic carbocycles. The van der Waals surface area contributed by atoms with E-state index in [0.29, 0.717) is 11.0 Å². The lowest BCUT2D eigenvalue weighted by atomic mass is 9.97. The Hall–Kier alpha value is -2.70. The third-order valence-electron chi connectivity index (χ3n) is 7.16. The van der Waals surface area contributed by atoms with E-state index in [4.69, 9.17) is 0 Å². The molecule has 8 nitrogen and oxygen atoms in total. The summed E-state index contributed by atoms with van der Waals surface area (Å²) in [6.07, 6.45) is -1.68. The number of aliphatic hydroxyl groups is 1. The molecule has 218 valence electrons. The second-order valence-electron chi connectivity index (χ2n) is 10.5. The van der Waals surface area contributed by atoms with Gasteiger partial charge in [0.1, 0.15) is 12.1 Å². The zero-order valence-corrected chi connectivity index (χ0v) is 26.3. The van der Waals surface area contributed by atoms with E-state index in [1.807, 2.05) is 51.1 Å². The average molecular weight is 661 g/mol. The van der Waals surface area contributed by atoms with Gasteiger partial charge in [0.05, 0.1) is 16.8 Å². The van der Waals surface area contributed by atoms with Crippen molar-refractivity contribution in [2.45, 2.75) is 61.6 Å². The van der Waals surface area contributed by atoms with Crippen molar-refractivity contribution >= 4 is 49.5 Å². The highest BCUT2D eigenvalue weighted by Crippen LogP contribution is 2.40. The number of thioether (sulfide) groups is 1. The smallest absolute Gasteiger partial charge is 0.254 e. The number of carbonyl (C=O) groups is 2. The molecule has 3 N–H and O–H groups in total. The van der Waals surface area contributed by atoms with Gasteiger partial charge in [-0.1, -0.05) is 66.7 Å². The summed E-state index contributed by atoms with van der Waals surface area (Å²) in [5.74, 6) is -0.868. The molecule has 1 aliphatic rings. The first-order valence-electron chi connectivity index (χ1n) is 13.2. The molecule has 1 heterocycles. The predicted molar refractivity (Wildman–Crippen MR) is 165 cm³/mol. The third kappa shape index (κ3) is 7.39. The average Bonchev–Trinajstić information content (AvgIpc) is 3.26. The molecule has 4 rings (SSSR count). The Morgan fingerprint density at radius 3 is 2.37 bits per heavy atom. The van der Waals surface area contributed by atoms with E-state index in [9.17, 15) is 23.1 Å². The molecule has 0 bridgehead atoms. The molecular weight excluding hydrogens is 626 g/mol. The number of nitrogens with zero attached hydrogens (tertiary/aromatic N) is 1. The number of aliphatic hydroxyl groups excluding tert-OH is 1. The van der Waals surface area contributed by atoms with Crippen LogP contribution in [0, 0.1) is 6.92 Å². The van der Waals surface area contributed by atoms with Crippen molar-refractivity contribution in [2.75, 3.05) is 5.88 Å². The van der Waals surface area contributed by atoms with E-state index < -0.39 is 38.9 Å². The van der Waals surface area contributed by atoms with Crippen LogP contribution in [0.1, 0.15) is 30.5 Å². The summed E-state index contributed by atoms with van der Waals surface area (Å²) >= 11 is 4.71. The SMILES string of the molecule is Cc1ccccc1CNC(=O)[C@H]1N(C(=O)[C@@H](O)[C@H](Cc2ccccc2)NS(=O)(=O)c2ccccc2Br)CSC1(C)C. The summed E-state index contributed by atoms with van der Waals surface area (Å²) in [4.78, 5) is 28.7. The highest BCUT2D eigenvalue weighted by molar-refractivity contribution is 9.10. The van der Waals surface area contributed by atoms with Crippen LogP contribution in [0.25, 0.3) is 0 Å². The molecule has 3 aromatic rings. The van der Waals surface area contributed by atoms with Gasteiger partial charge in [0, 0.05) is 15.8 Å². The lowest BCUT2D eigenvalue weighted by Gasteiger charge is -2.33. The minimum absolute atomic E-state index is 0.0102. The van der Waals surface area contributed by atoms with Crippen molar-refractivity contribution in [3.05, 3.63) is 100 Å². The first-order valence-corrected chi connectivity index (χ1v) is 16.4. The molecule has 3 atom stereocenters. The van der Waals surface area contributed by atoms with Gasteiger partial charge in [-0.2, -0.15) is 0 Å². The third-order valence-corrected chi connectivity index (χ3v) is 11.0. The lowest BCUT2D eigenvalue weighted by molar-refractivity contribution is -0.147. The van der Waals surface area contributed by atoms with Crippen molar-refractivity contribution in [3.8, 4) is 0 Å². The number of hydrogen-bond acceptors (Lipinski definition) is 6. The summed E-state index contributed by atoms with van der Waals surface area (Å²) in [6, 6.07) is 21.0. The summed E-state index contributed by atoms with van der Waals surface area (Å²) in [5.41, 5.74) is 2.74. The number of halogens is 1. The summed E-state index contributed by atoms with van der Waals surface area (Å²) in [7, 11) is -4.12. The van der Waals surface area contributed by atoms with E-state index in [2.05, 4.69) is 26.0 Å². The van der Waals surface area contributed by atoms with Gasteiger partial charge < -0.3 is 15.3 Å². The number of aryl methyl sites for hydroxylation is 1. The van der Waals surface area contributed by atoms with Gasteiger partial charge in [-0.3, -0.25) is 9.59 Å². The van der Waals surface area contributed by atoms with Crippen LogP contribution in [-0.4, -0.2) is 59.1 Å². The molecule has 3 aromatic carbocycles. The molecule has 1 fully saturated rings. The van der Waals surface area contributed by atoms with Crippen LogP contribution in [0.15, 0.2) is 88.2 Å². The molecule has 0 saturated carbocycles. The fourth-order valence-electron chi connectivity index (χ4n) is 4.85. The minimum atomic E-state index is -4.12. The van der Waals surface area contributed by atoms with Crippen LogP contribution >= 0.6 is 27.7 Å². The molecule has 1 aliphatic heterocycles. The van der Waals surface area contributed by atoms with Crippen LogP contribution < -0.4 is 10.0 Å². The minimum Gasteiger partial charge on any atom is -0.382 e. The zero-order chi connectivity index (χ0) is 29.8. The number of carbonyl (C=O) groups excluding carboxylic acids is 2. The first kappa shape index (κ1) is 31.2. The van der Waals surface area contributed by atoms with Gasteiger partial charge in [-0.15, -0.1) is 11.8 Å². The first-order chi connectivity index (χ1) is 19.4. The monoisotopic (exact) mass is 659 g/mol. The van der Waals surface area contributed by atoms with E-state index in [1.54, 1.807) is 42.5 Å². The fraction of sp³-hybridized carbons (Fsp3) is 0.333. The summed E-state index contributed by atoms with van der Waals surface area (Å²) < 4.78 is 29.0. The van der Waals surface area contributed by atoms with Crippen LogP contribution in [0.4, 0.5) is 0 Å². The fourth-order valence-corrected chi connectivity index (χ4v) is 8.24. The predicted octanol–water partition coefficient (Wildman–Crippen LogP) is 4.00. The second-order valence-corrected chi connectivity index (χ2v) is 14.7. The molecule has 1 saturated heterocycles. The normalized spacial score (nSPS) is 18.1. The molecule has 0 unspecified atom stereocenters. The van der Waals surface area contributed by atoms with E-state index in [1.165, 1.54) is 22.7 Å². The number of sulfonamides is 1. The number of benzene rings is 3. The van der Waals surface area contributed by atoms with Gasteiger partial charge in [-0.05, 0) is 71.9 Å². The molecule has 0 aromatic heterocycles. The van der Waals surface area contributed by atoms with Crippen molar-refractivity contribution in [1.82, 2.24) is 14.9 Å². The maximum atomic E-state index is 13.8. The number of amides is 2. The zero-order valence-electron chi connectivity index (χ0n) is 23.1. The molecule has 0 radical (unpaired) electrons. The van der Waals surface area contributed by atoms with Gasteiger partial charge >= 0.3 is 0 Å². The Bertz CT molecular complexity index is 1500. The van der Waals surface area contributed by atoms with Crippen molar-refractivity contribution in [2.24, 2.45) is 0 Å². The van der Waals surface area contributed by atoms with Crippen LogP contribution in [0.2, 0.25) is 0 Å². The van der Waals surface area contributed by atoms with E-state index in [0.717, 1.165) is 16.7 Å². The lowest BCUT2D eigenvalue weighted by Crippen LogP contribution is -2.58. The van der Waals surface area contributed by atoms with Crippen molar-refractivity contribution in [1.29, 1.82) is 0 Å². The van der Waals surface area contributed by atoms with Crippen LogP contribution in [-0.2, 0) is 32.6 Å². The largest absolute Gasteiger partial charge is 0.382 e. The summed E-state index contributed by atoms with van der Waals surface area (Å²) in [6.45, 7) is 6.03. The van der Waals surface area contributed by atoms with Crippen molar-refractivity contribution in [3.63, 3.8) is 0 Å². The Morgan fingerprint density at radius 1 is 1.05 bits per heavy atom. The highest BCUT2D eigenvalue weighted by atomic mass is 79.9. The van der Waals surface area contributed by atoms with Gasteiger partial charge in [0.25, 0.3) is 5.91 Å². The highest BCUT2D eigenvalue weighted by Gasteiger charge is 2.50. The van der Waals surface area contributed by atoms with E-state index in [-0.39, 0.29) is 23.1 Å². The quantitative estimate of drug-likeness (QED) is 0.303. The van der Waals surface area contributed by atoms with Gasteiger partial charge in [0.2, 0.25) is 15.9 Å². The molecule has 2 amide bonds. The number of nitrogens with one attached hydrogen (secondary N) is 2. The molecule has 41 heavy (non-hydrogen) atoms. The number of rotatable bonds is 10. The van der Waals surface area contributed by atoms with Crippen LogP contribution in [0.5, 0.6) is 0 Å². The Morgan fingerprint density at radius 2 is 1.68 bits per heavy atom. The molecule has 0 spiro atoms. The topological polar surface area (TPSA) is 116 Å². The van der Waals surface area contributed by atoms with Crippen molar-refractivity contribution < 1.29 is 23.1 Å². The maximum Gasteiger partial charge on any atom is 0.254 e. The Labute approximate surface area is 254 Å². The van der Waals surface area contributed by atoms with E-state index >= 15 is 0 Å². The molecular formula is C30H34BrN3O5S2. The Kier molecular flexibility index (Phi) is 9.97.